The predicted octanol–water partition coefficient (Wildman–Crippen LogP) is 3.21. The minimum atomic E-state index is -3.80. The fourth-order valence-electron chi connectivity index (χ4n) is 2.31. The Morgan fingerprint density at radius 3 is 2.52 bits per heavy atom. The molecule has 0 aliphatic heterocycles. The van der Waals surface area contributed by atoms with Gasteiger partial charge in [0, 0.05) is 10.5 Å². The Kier molecular flexibility index (Phi) is 4.98. The molecule has 0 radical (unpaired) electrons. The molecule has 0 amide bonds. The first-order chi connectivity index (χ1) is 11.9. The summed E-state index contributed by atoms with van der Waals surface area (Å²) in [4.78, 5) is 3.87. The Morgan fingerprint density at radius 2 is 1.92 bits per heavy atom. The third kappa shape index (κ3) is 3.94. The van der Waals surface area contributed by atoms with Crippen LogP contribution in [0.15, 0.2) is 64.5 Å². The van der Waals surface area contributed by atoms with Gasteiger partial charge in [0.05, 0.1) is 10.6 Å². The molecule has 0 saturated heterocycles. The number of benzene rings is 2. The normalized spacial score (nSPS) is 12.9. The molecule has 25 heavy (non-hydrogen) atoms. The number of aromatic nitrogens is 3. The lowest BCUT2D eigenvalue weighted by molar-refractivity contribution is 0.565. The zero-order valence-corrected chi connectivity index (χ0v) is 15.5. The summed E-state index contributed by atoms with van der Waals surface area (Å²) in [5, 5.41) is 4.04. The summed E-state index contributed by atoms with van der Waals surface area (Å²) in [6.45, 7) is 1.74. The first-order valence-corrected chi connectivity index (χ1v) is 9.57. The molecule has 1 atom stereocenters. The molecule has 0 aliphatic rings. The van der Waals surface area contributed by atoms with Gasteiger partial charge in [-0.05, 0) is 58.7 Å². The zero-order valence-electron chi connectivity index (χ0n) is 13.1. The molecule has 3 aromatic rings. The topological polar surface area (TPSA) is 76.9 Å². The van der Waals surface area contributed by atoms with E-state index in [1.54, 1.807) is 17.9 Å². The van der Waals surface area contributed by atoms with Crippen molar-refractivity contribution in [3.05, 3.63) is 71.0 Å². The van der Waals surface area contributed by atoms with Crippen LogP contribution in [0.4, 0.5) is 4.39 Å². The van der Waals surface area contributed by atoms with Crippen molar-refractivity contribution in [1.82, 2.24) is 19.5 Å². The molecule has 1 N–H and O–H groups in total. The van der Waals surface area contributed by atoms with E-state index < -0.39 is 21.9 Å². The van der Waals surface area contributed by atoms with Crippen LogP contribution < -0.4 is 4.72 Å². The van der Waals surface area contributed by atoms with Gasteiger partial charge in [0.2, 0.25) is 10.0 Å². The molecule has 0 saturated carbocycles. The molecule has 1 aromatic heterocycles. The smallest absolute Gasteiger partial charge is 0.223 e. The lowest BCUT2D eigenvalue weighted by Crippen LogP contribution is -2.27. The van der Waals surface area contributed by atoms with Crippen LogP contribution in [0.2, 0.25) is 0 Å². The van der Waals surface area contributed by atoms with E-state index in [1.165, 1.54) is 12.4 Å². The third-order valence-corrected chi connectivity index (χ3v) is 6.11. The average Bonchev–Trinajstić information content (AvgIpc) is 3.08. The van der Waals surface area contributed by atoms with Gasteiger partial charge < -0.3 is 0 Å². The van der Waals surface area contributed by atoms with Crippen LogP contribution in [0.25, 0.3) is 5.69 Å². The molecular formula is C16H14BrFN4O2S. The fraction of sp³-hybridized carbons (Fsp3) is 0.125. The van der Waals surface area contributed by atoms with Crippen LogP contribution >= 0.6 is 15.9 Å². The fourth-order valence-corrected chi connectivity index (χ4v) is 4.60. The summed E-state index contributed by atoms with van der Waals surface area (Å²) in [6.07, 6.45) is 3.01. The Bertz CT molecular complexity index is 976. The van der Waals surface area contributed by atoms with Gasteiger partial charge in [0.1, 0.15) is 18.5 Å². The predicted molar refractivity (Wildman–Crippen MR) is 94.2 cm³/mol. The van der Waals surface area contributed by atoms with Crippen molar-refractivity contribution < 1.29 is 12.8 Å². The number of nitrogens with zero attached hydrogens (tertiary/aromatic N) is 3. The lowest BCUT2D eigenvalue weighted by Gasteiger charge is -2.16. The second kappa shape index (κ2) is 7.03. The molecular weight excluding hydrogens is 411 g/mol. The molecule has 0 fully saturated rings. The highest BCUT2D eigenvalue weighted by Gasteiger charge is 2.21. The maximum Gasteiger partial charge on any atom is 0.242 e. The molecule has 130 valence electrons. The van der Waals surface area contributed by atoms with Gasteiger partial charge in [0.15, 0.2) is 0 Å². The van der Waals surface area contributed by atoms with E-state index in [4.69, 9.17) is 0 Å². The van der Waals surface area contributed by atoms with Gasteiger partial charge in [-0.15, -0.1) is 0 Å². The van der Waals surface area contributed by atoms with Crippen molar-refractivity contribution in [2.45, 2.75) is 17.9 Å². The van der Waals surface area contributed by atoms with Crippen LogP contribution in [0.3, 0.4) is 0 Å². The van der Waals surface area contributed by atoms with Gasteiger partial charge in [-0.25, -0.2) is 27.2 Å². The molecule has 3 rings (SSSR count). The highest BCUT2D eigenvalue weighted by atomic mass is 79.9. The van der Waals surface area contributed by atoms with Gasteiger partial charge >= 0.3 is 0 Å². The number of hydrogen-bond acceptors (Lipinski definition) is 4. The van der Waals surface area contributed by atoms with Crippen LogP contribution in [-0.2, 0) is 10.0 Å². The van der Waals surface area contributed by atoms with Crippen LogP contribution in [0.1, 0.15) is 18.5 Å². The SMILES string of the molecule is CC(NS(=O)(=O)c1ccc(F)cc1Br)c1ccc(-n2cncn2)cc1. The van der Waals surface area contributed by atoms with Gasteiger partial charge in [-0.2, -0.15) is 5.10 Å². The van der Waals surface area contributed by atoms with Crippen molar-refractivity contribution in [3.63, 3.8) is 0 Å². The lowest BCUT2D eigenvalue weighted by atomic mass is 10.1. The minimum Gasteiger partial charge on any atom is -0.223 e. The van der Waals surface area contributed by atoms with E-state index in [0.29, 0.717) is 0 Å². The monoisotopic (exact) mass is 424 g/mol. The molecule has 1 unspecified atom stereocenters. The summed E-state index contributed by atoms with van der Waals surface area (Å²) >= 11 is 3.09. The third-order valence-electron chi connectivity index (χ3n) is 3.59. The van der Waals surface area contributed by atoms with Crippen molar-refractivity contribution in [2.75, 3.05) is 0 Å². The molecule has 0 bridgehead atoms. The van der Waals surface area contributed by atoms with E-state index in [-0.39, 0.29) is 9.37 Å². The minimum absolute atomic E-state index is 0.0139. The summed E-state index contributed by atoms with van der Waals surface area (Å²) in [7, 11) is -3.80. The number of nitrogens with one attached hydrogen (secondary N) is 1. The average molecular weight is 425 g/mol. The van der Waals surface area contributed by atoms with Crippen LogP contribution in [0, 0.1) is 5.82 Å². The zero-order chi connectivity index (χ0) is 18.0. The molecule has 2 aromatic carbocycles. The molecule has 9 heteroatoms. The van der Waals surface area contributed by atoms with Crippen molar-refractivity contribution >= 4 is 26.0 Å². The first-order valence-electron chi connectivity index (χ1n) is 7.29. The second-order valence-corrected chi connectivity index (χ2v) is 7.89. The van der Waals surface area contributed by atoms with E-state index in [0.717, 1.165) is 23.4 Å². The number of rotatable bonds is 5. The van der Waals surface area contributed by atoms with Crippen LogP contribution in [-0.4, -0.2) is 23.2 Å². The van der Waals surface area contributed by atoms with Crippen molar-refractivity contribution in [1.29, 1.82) is 0 Å². The van der Waals surface area contributed by atoms with E-state index in [1.807, 2.05) is 24.3 Å². The summed E-state index contributed by atoms with van der Waals surface area (Å²) in [5.74, 6) is -0.512. The van der Waals surface area contributed by atoms with Gasteiger partial charge in [-0.1, -0.05) is 12.1 Å². The van der Waals surface area contributed by atoms with E-state index in [2.05, 4.69) is 30.7 Å². The van der Waals surface area contributed by atoms with Crippen molar-refractivity contribution in [3.8, 4) is 5.69 Å². The molecule has 1 heterocycles. The van der Waals surface area contributed by atoms with E-state index in [9.17, 15) is 12.8 Å². The Labute approximate surface area is 152 Å². The van der Waals surface area contributed by atoms with Gasteiger partial charge in [-0.3, -0.25) is 0 Å². The Morgan fingerprint density at radius 1 is 1.20 bits per heavy atom. The van der Waals surface area contributed by atoms with E-state index >= 15 is 0 Å². The summed E-state index contributed by atoms with van der Waals surface area (Å²) < 4.78 is 42.6. The standard InChI is InChI=1S/C16H14BrFN4O2S/c1-11(12-2-5-14(6-3-12)22-10-19-9-20-22)21-25(23,24)16-7-4-13(18)8-15(16)17/h2-11,21H,1H3. The molecule has 6 nitrogen and oxygen atoms in total. The largest absolute Gasteiger partial charge is 0.242 e. The Hall–Kier alpha value is -2.10. The van der Waals surface area contributed by atoms with Crippen molar-refractivity contribution in [2.24, 2.45) is 0 Å². The number of hydrogen-bond donors (Lipinski definition) is 1. The molecule has 0 spiro atoms. The highest BCUT2D eigenvalue weighted by molar-refractivity contribution is 9.10. The summed E-state index contributed by atoms with van der Waals surface area (Å²) in [5.41, 5.74) is 1.60. The second-order valence-electron chi connectivity index (χ2n) is 5.35. The number of halogens is 2. The summed E-state index contributed by atoms with van der Waals surface area (Å²) in [6, 6.07) is 10.2. The maximum absolute atomic E-state index is 13.2. The Balaban J connectivity index is 1.80. The number of sulfonamides is 1. The highest BCUT2D eigenvalue weighted by Crippen LogP contribution is 2.25. The maximum atomic E-state index is 13.2. The van der Waals surface area contributed by atoms with Gasteiger partial charge in [0.25, 0.3) is 0 Å². The molecule has 0 aliphatic carbocycles. The van der Waals surface area contributed by atoms with Crippen LogP contribution in [0.5, 0.6) is 0 Å². The quantitative estimate of drug-likeness (QED) is 0.681. The first kappa shape index (κ1) is 17.7.